The number of aromatic nitrogens is 2. The van der Waals surface area contributed by atoms with Crippen LogP contribution >= 0.6 is 0 Å². The third kappa shape index (κ3) is 5.52. The molecule has 1 aliphatic heterocycles. The molecular weight excluding hydrogens is 757 g/mol. The van der Waals surface area contributed by atoms with Crippen molar-refractivity contribution in [3.63, 3.8) is 0 Å². The Balaban J connectivity index is 1.38. The van der Waals surface area contributed by atoms with Crippen molar-refractivity contribution in [2.24, 2.45) is 0 Å². The average molecular weight is 793 g/mol. The third-order valence-electron chi connectivity index (χ3n) is 10.9. The van der Waals surface area contributed by atoms with Crippen molar-refractivity contribution in [2.45, 2.75) is 49.6 Å². The molecule has 2 aliphatic rings. The zero-order chi connectivity index (χ0) is 40.0. The van der Waals surface area contributed by atoms with E-state index < -0.39 is 38.1 Å². The van der Waals surface area contributed by atoms with E-state index >= 15 is 0 Å². The van der Waals surface area contributed by atoms with E-state index in [2.05, 4.69) is 0 Å². The number of likely N-dealkylation sites (N-methyl/N-ethyl adjacent to an activating group) is 2. The zero-order valence-corrected chi connectivity index (χ0v) is 32.4. The maximum Gasteiger partial charge on any atom is 0.333 e. The van der Waals surface area contributed by atoms with Gasteiger partial charge in [-0.25, -0.2) is 4.79 Å². The Morgan fingerprint density at radius 3 is 1.34 bits per heavy atom. The van der Waals surface area contributed by atoms with E-state index in [-0.39, 0.29) is 15.4 Å². The molecule has 6 aromatic rings. The standard InChI is InChI=1S/C41H36N4O9S2/c1-5-44-29(25-9-7-11-27-33(55(49,50)51)21-19-31(44)36(25)27)17-15-23-13-14-24(35(23)38-39(46)42(3)41(48)43(4)40(38)47)16-18-30-26-10-8-12-28-34(56(52,53)54)22-20-32(37(26)28)45(30)6-2/h7-12,15-22H,5-6,13-14H2,1-4H3,(H,49,50,51)(H,52,53,54). The number of imide groups is 2. The van der Waals surface area contributed by atoms with Crippen LogP contribution in [0.5, 0.6) is 0 Å². The summed E-state index contributed by atoms with van der Waals surface area (Å²) in [5.41, 5.74) is 3.14. The number of hydrogen-bond acceptors (Lipinski definition) is 7. The van der Waals surface area contributed by atoms with E-state index in [1.54, 1.807) is 36.4 Å². The minimum atomic E-state index is -4.50. The molecule has 286 valence electrons. The van der Waals surface area contributed by atoms with E-state index in [0.717, 1.165) is 42.3 Å². The van der Waals surface area contributed by atoms with Crippen LogP contribution in [-0.2, 0) is 42.9 Å². The smallest absolute Gasteiger partial charge is 0.333 e. The predicted molar refractivity (Wildman–Crippen MR) is 213 cm³/mol. The summed E-state index contributed by atoms with van der Waals surface area (Å²) in [7, 11) is -6.35. The summed E-state index contributed by atoms with van der Waals surface area (Å²) in [6, 6.07) is 15.8. The minimum Gasteiger partial charge on any atom is -0.341 e. The largest absolute Gasteiger partial charge is 0.341 e. The SMILES string of the molecule is CCn1c(=CC=C2CCC(=CC=c3c4cccc5c(S(=O)(=O)O)ccc(c54)n3CC)C2=C2C(=O)N(C)C(=O)N(C)C2=O)c2cccc3c(S(=O)(=O)O)ccc1c32. The molecule has 2 fully saturated rings. The molecule has 0 radical (unpaired) electrons. The van der Waals surface area contributed by atoms with Crippen LogP contribution in [0.15, 0.2) is 105 Å². The van der Waals surface area contributed by atoms with Gasteiger partial charge >= 0.3 is 6.03 Å². The van der Waals surface area contributed by atoms with Gasteiger partial charge in [-0.2, -0.15) is 16.8 Å². The van der Waals surface area contributed by atoms with Gasteiger partial charge in [0.05, 0.1) is 0 Å². The number of barbiturate groups is 1. The van der Waals surface area contributed by atoms with Crippen molar-refractivity contribution in [2.75, 3.05) is 14.1 Å². The van der Waals surface area contributed by atoms with Gasteiger partial charge in [0.1, 0.15) is 15.4 Å². The lowest BCUT2D eigenvalue weighted by Gasteiger charge is -2.30. The van der Waals surface area contributed by atoms with Crippen molar-refractivity contribution >= 4 is 93.6 Å². The second kappa shape index (κ2) is 13.1. The Hall–Kier alpha value is -5.87. The predicted octanol–water partition coefficient (Wildman–Crippen LogP) is 5.13. The van der Waals surface area contributed by atoms with E-state index in [4.69, 9.17) is 0 Å². The summed E-state index contributed by atoms with van der Waals surface area (Å²) in [5.74, 6) is -1.46. The van der Waals surface area contributed by atoms with Gasteiger partial charge in [0.15, 0.2) is 0 Å². The number of hydrogen-bond donors (Lipinski definition) is 2. The highest BCUT2D eigenvalue weighted by Gasteiger charge is 2.42. The number of amides is 4. The van der Waals surface area contributed by atoms with Gasteiger partial charge in [-0.05, 0) is 79.8 Å². The molecule has 1 saturated heterocycles. The lowest BCUT2D eigenvalue weighted by Crippen LogP contribution is -2.53. The van der Waals surface area contributed by atoms with Gasteiger partial charge < -0.3 is 9.13 Å². The van der Waals surface area contributed by atoms with Gasteiger partial charge in [-0.3, -0.25) is 28.5 Å². The number of urea groups is 1. The van der Waals surface area contributed by atoms with Crippen LogP contribution in [0.25, 0.3) is 55.5 Å². The first-order valence-corrected chi connectivity index (χ1v) is 20.8. The summed E-state index contributed by atoms with van der Waals surface area (Å²) in [4.78, 5) is 41.9. The first-order valence-electron chi connectivity index (χ1n) is 17.9. The molecular formula is C41H36N4O9S2. The molecule has 0 spiro atoms. The Labute approximate surface area is 321 Å². The molecule has 2 N–H and O–H groups in total. The van der Waals surface area contributed by atoms with E-state index in [1.807, 2.05) is 59.4 Å². The van der Waals surface area contributed by atoms with Gasteiger partial charge in [-0.1, -0.05) is 48.6 Å². The van der Waals surface area contributed by atoms with E-state index in [9.17, 15) is 40.3 Å². The first-order chi connectivity index (χ1) is 26.6. The summed E-state index contributed by atoms with van der Waals surface area (Å²) >= 11 is 0. The second-order valence-corrected chi connectivity index (χ2v) is 16.6. The molecule has 56 heavy (non-hydrogen) atoms. The first kappa shape index (κ1) is 37.1. The van der Waals surface area contributed by atoms with Crippen LogP contribution in [0.3, 0.4) is 0 Å². The number of nitrogens with zero attached hydrogens (tertiary/aromatic N) is 4. The lowest BCUT2D eigenvalue weighted by atomic mass is 9.95. The summed E-state index contributed by atoms with van der Waals surface area (Å²) < 4.78 is 73.1. The summed E-state index contributed by atoms with van der Waals surface area (Å²) in [5, 5.41) is 5.10. The Morgan fingerprint density at radius 2 is 0.964 bits per heavy atom. The molecule has 4 amide bonds. The van der Waals surface area contributed by atoms with Crippen molar-refractivity contribution < 1.29 is 40.3 Å². The molecule has 13 nitrogen and oxygen atoms in total. The Bertz CT molecular complexity index is 2990. The quantitative estimate of drug-likeness (QED) is 0.132. The lowest BCUT2D eigenvalue weighted by molar-refractivity contribution is -0.134. The van der Waals surface area contributed by atoms with Gasteiger partial charge in [0, 0.05) is 81.2 Å². The molecule has 4 aromatic carbocycles. The van der Waals surface area contributed by atoms with Gasteiger partial charge in [-0.15, -0.1) is 0 Å². The molecule has 0 unspecified atom stereocenters. The van der Waals surface area contributed by atoms with Crippen LogP contribution in [0, 0.1) is 0 Å². The van der Waals surface area contributed by atoms with E-state index in [1.165, 1.54) is 26.2 Å². The fourth-order valence-corrected chi connectivity index (χ4v) is 9.80. The topological polar surface area (TPSA) is 176 Å². The maximum atomic E-state index is 13.8. The molecule has 1 aliphatic carbocycles. The fraction of sp³-hybridized carbons (Fsp3) is 0.195. The normalized spacial score (nSPS) is 18.4. The van der Waals surface area contributed by atoms with Gasteiger partial charge in [0.2, 0.25) is 0 Å². The number of allylic oxidation sites excluding steroid dienone is 5. The molecule has 0 bridgehead atoms. The molecule has 1 saturated carbocycles. The molecule has 2 aromatic heterocycles. The van der Waals surface area contributed by atoms with Crippen LogP contribution in [0.4, 0.5) is 4.79 Å². The van der Waals surface area contributed by atoms with Gasteiger partial charge in [0.25, 0.3) is 32.1 Å². The average Bonchev–Trinajstić information content (AvgIpc) is 3.81. The van der Waals surface area contributed by atoms with Crippen LogP contribution in [0.1, 0.15) is 26.7 Å². The summed E-state index contributed by atoms with van der Waals surface area (Å²) in [6.07, 6.45) is 8.33. The molecule has 8 rings (SSSR count). The summed E-state index contributed by atoms with van der Waals surface area (Å²) in [6.45, 7) is 4.97. The van der Waals surface area contributed by atoms with Crippen molar-refractivity contribution in [3.8, 4) is 0 Å². The molecule has 3 heterocycles. The monoisotopic (exact) mass is 792 g/mol. The number of rotatable bonds is 6. The molecule has 15 heteroatoms. The van der Waals surface area contributed by atoms with Crippen LogP contribution in [0.2, 0.25) is 0 Å². The zero-order valence-electron chi connectivity index (χ0n) is 30.8. The highest BCUT2D eigenvalue weighted by atomic mass is 32.2. The third-order valence-corrected chi connectivity index (χ3v) is 12.7. The highest BCUT2D eigenvalue weighted by molar-refractivity contribution is 7.86. The minimum absolute atomic E-state index is 0.148. The number of carbonyl (C=O) groups excluding carboxylic acids is 3. The fourth-order valence-electron chi connectivity index (χ4n) is 8.42. The van der Waals surface area contributed by atoms with Crippen molar-refractivity contribution in [3.05, 3.63) is 106 Å². The van der Waals surface area contributed by atoms with Crippen molar-refractivity contribution in [1.82, 2.24) is 18.9 Å². The van der Waals surface area contributed by atoms with Crippen LogP contribution in [-0.4, -0.2) is 76.8 Å². The number of benzene rings is 4. The Morgan fingerprint density at radius 1 is 0.571 bits per heavy atom. The number of carbonyl (C=O) groups is 3. The molecule has 0 atom stereocenters. The Kier molecular flexibility index (Phi) is 8.69. The highest BCUT2D eigenvalue weighted by Crippen LogP contribution is 2.40. The van der Waals surface area contributed by atoms with Crippen LogP contribution < -0.4 is 10.7 Å². The van der Waals surface area contributed by atoms with E-state index in [0.29, 0.717) is 64.2 Å². The maximum absolute atomic E-state index is 13.8. The second-order valence-electron chi connectivity index (χ2n) is 13.8. The van der Waals surface area contributed by atoms with Crippen molar-refractivity contribution in [1.29, 1.82) is 0 Å². The number of aryl methyl sites for hydroxylation is 2.